The summed E-state index contributed by atoms with van der Waals surface area (Å²) in [5, 5.41) is 33.9. The number of alkyl halides is 1. The largest absolute Gasteiger partial charge is 1.00 e. The third-order valence-electron chi connectivity index (χ3n) is 15.2. The number of carbonyl (C=O) groups excluding carboxylic acids is 1. The number of phenols is 1. The second-order valence-electron chi connectivity index (χ2n) is 22.8. The van der Waals surface area contributed by atoms with Crippen LogP contribution in [0.2, 0.25) is 30.1 Å². The first-order valence-corrected chi connectivity index (χ1v) is 41.5. The number of nitro benzene ring substituents is 1. The number of nitro groups is 1. The zero-order valence-electron chi connectivity index (χ0n) is 63.8. The van der Waals surface area contributed by atoms with E-state index in [1.165, 1.54) is 18.2 Å². The molecule has 2 N–H and O–H groups in total. The third-order valence-corrected chi connectivity index (χ3v) is 23.8. The molecule has 0 saturated heterocycles. The first kappa shape index (κ1) is 103. The Balaban J connectivity index is 0.000000299. The molecule has 0 fully saturated rings. The van der Waals surface area contributed by atoms with Crippen molar-refractivity contribution >= 4 is 222 Å². The Morgan fingerprint density at radius 2 is 0.792 bits per heavy atom. The number of hydrogen-bond donors (Lipinski definition) is 4. The Labute approximate surface area is 860 Å². The molecule has 0 spiro atoms. The number of anilines is 5. The number of phenolic OH excluding ortho intramolecular Hbond substituents is 1. The van der Waals surface area contributed by atoms with E-state index >= 15 is 0 Å². The number of nitrogens with zero attached hydrogens (tertiary/aromatic N) is 3. The van der Waals surface area contributed by atoms with Gasteiger partial charge in [0, 0.05) is 54.4 Å². The summed E-state index contributed by atoms with van der Waals surface area (Å²) in [5.74, 6) is 7.00. The fourth-order valence-corrected chi connectivity index (χ4v) is 16.3. The van der Waals surface area contributed by atoms with Crippen LogP contribution in [0, 0.1) is 10.1 Å². The van der Waals surface area contributed by atoms with Crippen LogP contribution in [-0.2, 0) is 9.68 Å². The van der Waals surface area contributed by atoms with Gasteiger partial charge >= 0.3 is 128 Å². The van der Waals surface area contributed by atoms with Gasteiger partial charge in [0.05, 0.1) is 77.7 Å². The van der Waals surface area contributed by atoms with E-state index in [9.17, 15) is 14.5 Å². The molecule has 4 aliphatic rings. The number of thiol groups is 2. The molecule has 18 rings (SSSR count). The number of fused-ring (bicyclic) bond motifs is 8. The van der Waals surface area contributed by atoms with Crippen LogP contribution in [-0.4, -0.2) is 31.3 Å². The van der Waals surface area contributed by atoms with E-state index in [0.717, 1.165) is 138 Å². The molecule has 0 bridgehead atoms. The smallest absolute Gasteiger partial charge is 1.00 e. The second-order valence-corrected chi connectivity index (χ2v) is 32.0. The van der Waals surface area contributed by atoms with E-state index in [1.54, 1.807) is 65.2 Å². The Kier molecular flexibility index (Phi) is 47.9. The maximum atomic E-state index is 10.2. The number of halogens is 9. The van der Waals surface area contributed by atoms with Crippen LogP contribution < -0.4 is 137 Å². The molecular weight excluding hydrogens is 1950 g/mol. The summed E-state index contributed by atoms with van der Waals surface area (Å²) >= 11 is 56.3. The van der Waals surface area contributed by atoms with Crippen LogP contribution in [0.15, 0.2) is 373 Å². The number of benzene rings is 14. The summed E-state index contributed by atoms with van der Waals surface area (Å²) in [6.45, 7) is -0.181. The molecule has 0 amide bonds. The summed E-state index contributed by atoms with van der Waals surface area (Å²) in [7, 11) is 3.34. The molecule has 14 aromatic rings. The van der Waals surface area contributed by atoms with Gasteiger partial charge in [-0.15, -0.1) is 12.6 Å². The number of rotatable bonds is 7. The molecule has 14 aromatic carbocycles. The minimum Gasteiger partial charge on any atom is -1.00 e. The van der Waals surface area contributed by atoms with Crippen LogP contribution in [0.3, 0.4) is 0 Å². The maximum Gasteiger partial charge on any atom is 1.00 e. The molecule has 1 radical (unpaired) electrons. The molecule has 4 heterocycles. The fraction of sp³-hybridized carbons (Fsp3) is 0.0341. The van der Waals surface area contributed by atoms with Crippen molar-refractivity contribution in [3.63, 3.8) is 0 Å². The molecule has 0 atom stereocenters. The molecule has 605 valence electrons. The van der Waals surface area contributed by atoms with Crippen molar-refractivity contribution in [2.75, 3.05) is 17.4 Å². The molecule has 0 aliphatic carbocycles. The minimum atomic E-state index is -1.00. The van der Waals surface area contributed by atoms with E-state index in [1.807, 2.05) is 237 Å². The number of para-hydroxylation sites is 6. The summed E-state index contributed by atoms with van der Waals surface area (Å²) in [4.78, 5) is 32.0. The molecule has 32 heteroatoms. The van der Waals surface area contributed by atoms with Gasteiger partial charge in [0.15, 0.2) is 0 Å². The summed E-state index contributed by atoms with van der Waals surface area (Å²) in [6, 6.07) is 101. The van der Waals surface area contributed by atoms with Crippen LogP contribution in [0.1, 0.15) is 17.7 Å². The van der Waals surface area contributed by atoms with Crippen molar-refractivity contribution in [1.82, 2.24) is 0 Å². The van der Waals surface area contributed by atoms with Gasteiger partial charge in [0.25, 0.3) is 12.2 Å². The number of carbonyl (C=O) groups is 1. The Bertz CT molecular complexity index is 5470. The maximum absolute atomic E-state index is 10.2. The molecule has 14 nitrogen and oxygen atoms in total. The van der Waals surface area contributed by atoms with Crippen molar-refractivity contribution in [3.8, 4) is 51.7 Å². The monoisotopic (exact) mass is 2010 g/mol. The average molecular weight is 2020 g/mol. The van der Waals surface area contributed by atoms with Crippen LogP contribution >= 0.6 is 174 Å². The first-order chi connectivity index (χ1) is 56.7. The van der Waals surface area contributed by atoms with E-state index in [2.05, 4.69) is 127 Å². The van der Waals surface area contributed by atoms with Crippen molar-refractivity contribution in [2.45, 2.75) is 58.9 Å². The predicted octanol–water partition coefficient (Wildman–Crippen LogP) is 26.0. The topological polar surface area (TPSA) is 177 Å². The molecule has 120 heavy (non-hydrogen) atoms. The average Bonchev–Trinajstić information content (AvgIpc) is 0.778. The number of nitrogens with one attached hydrogen (secondary N) is 1. The number of aromatic hydroxyl groups is 1. The Morgan fingerprint density at radius 1 is 0.483 bits per heavy atom. The van der Waals surface area contributed by atoms with Crippen LogP contribution in [0.5, 0.6) is 51.7 Å². The molecule has 0 saturated carbocycles. The van der Waals surface area contributed by atoms with Gasteiger partial charge in [-0.1, -0.05) is 291 Å². The molecule has 4 aliphatic heterocycles. The van der Waals surface area contributed by atoms with Crippen LogP contribution in [0.4, 0.5) is 38.5 Å². The van der Waals surface area contributed by atoms with E-state index in [-0.39, 0.29) is 147 Å². The zero-order chi connectivity index (χ0) is 83.6. The summed E-state index contributed by atoms with van der Waals surface area (Å²) < 4.78 is 43.8. The number of hydrogen-bond acceptors (Lipinski definition) is 19. The van der Waals surface area contributed by atoms with Gasteiger partial charge in [0.2, 0.25) is 0 Å². The summed E-state index contributed by atoms with van der Waals surface area (Å²) in [6.07, 6.45) is 0. The first-order valence-electron chi connectivity index (χ1n) is 34.3. The van der Waals surface area contributed by atoms with Gasteiger partial charge in [0.1, 0.15) is 56.8 Å². The van der Waals surface area contributed by atoms with Crippen molar-refractivity contribution in [1.29, 1.82) is 0 Å². The number of ether oxygens (including phenoxy) is 4. The predicted molar refractivity (Wildman–Crippen MR) is 499 cm³/mol. The molecular formula is C88H69BBr2Cl6FK2N4O10S6. The molecule has 0 aromatic heterocycles. The van der Waals surface area contributed by atoms with Crippen molar-refractivity contribution in [3.05, 3.63) is 365 Å². The summed E-state index contributed by atoms with van der Waals surface area (Å²) in [5.41, 5.74) is 5.31. The fourth-order valence-electron chi connectivity index (χ4n) is 10.2. The zero-order valence-corrected chi connectivity index (χ0v) is 80.8. The van der Waals surface area contributed by atoms with E-state index in [0.29, 0.717) is 9.92 Å². The van der Waals surface area contributed by atoms with E-state index in [4.69, 9.17) is 105 Å². The van der Waals surface area contributed by atoms with Gasteiger partial charge in [-0.25, -0.2) is 0 Å². The quantitative estimate of drug-likeness (QED) is 0.0296. The van der Waals surface area contributed by atoms with Crippen LogP contribution in [0.25, 0.3) is 0 Å². The van der Waals surface area contributed by atoms with Gasteiger partial charge in [-0.05, 0) is 176 Å². The standard InChI is InChI=1S/C24H16ClNOS.2C12H6BrClOS.C12H7ClOS.C12H11N.C6H3Cl2NO2.C6H6OS.CH3F.CH2O3.2CH4.BHNS.2K.H/c25-20-12-7-13-21-24(20)28-23-15-14-19(16-22(23)27-21)26(17-8-3-1-4-9-17)18-10-5-2-6-11-18;2*13-7-4-5-11-10(6-7)15-9-3-1-2-8(14)12(9)16-11;13-8-4-3-6-10-12(8)15-11-7-2-1-5-9(11)14-10;1-3-7-11(8-4-1)13-12-9-5-2-6-10-12;7-4-2-1-3-5(6(4)8)9(10)11;7-5-3-1-2-4-6(5)8;1-2;2-1-4-3;;;1-2-3;;;/h1-16H;2*1-6H;1-7H;1-10,13H;1-3H;1-4,7-8H;1H3;1,3H;2*1H4;3H;;;/q;;;;;;;;;;;;2*+1;-1/p-1/i;;;;;;;1D;;;;;;;. The SMILES string of the molecule is C.C.Clc1cccc2c1Sc1ccc(Br)cc1O2.Clc1cccc2c1Sc1ccc(Br)cc1O2.Clc1cccc2c1Sc1ccc(N(c3ccccc3)c3ccccc3)cc1O2.Clc1cccc2c1Sc1ccccc1O2.O=CO[O-].O=[N+]([O-])c1cccc(Cl)c1Cl.Oc1ccccc1S.[2H]CF.[B]=NS.[H-].[K+].[K+].c1ccc(Nc2ccccc2)cc1. The second kappa shape index (κ2) is 55.7. The van der Waals surface area contributed by atoms with Crippen molar-refractivity contribution in [2.24, 2.45) is 4.30 Å². The molecule has 0 unspecified atom stereocenters. The van der Waals surface area contributed by atoms with Gasteiger partial charge in [-0.2, -0.15) is 0 Å². The van der Waals surface area contributed by atoms with E-state index < -0.39 is 12.1 Å². The third kappa shape index (κ3) is 31.5. The van der Waals surface area contributed by atoms with Crippen molar-refractivity contribution < 1.29 is 154 Å². The van der Waals surface area contributed by atoms with Gasteiger partial charge in [-0.3, -0.25) is 19.3 Å². The minimum absolute atomic E-state index is 0. The normalized spacial score (nSPS) is 10.7. The van der Waals surface area contributed by atoms with Gasteiger partial charge < -0.3 is 45.8 Å². The Hall–Kier alpha value is -5.62. The Morgan fingerprint density at radius 3 is 1.15 bits per heavy atom.